The summed E-state index contributed by atoms with van der Waals surface area (Å²) in [4.78, 5) is 22.9. The summed E-state index contributed by atoms with van der Waals surface area (Å²) in [6, 6.07) is 20.5. The Balaban J connectivity index is 1.50. The zero-order valence-corrected chi connectivity index (χ0v) is 27.5. The van der Waals surface area contributed by atoms with Crippen LogP contribution in [0, 0.1) is 6.92 Å². The summed E-state index contributed by atoms with van der Waals surface area (Å²) in [5.41, 5.74) is 8.05. The number of thiazole rings is 1. The normalized spacial score (nSPS) is 12.8. The molecule has 0 aliphatic rings. The first-order valence-electron chi connectivity index (χ1n) is 14.7. The average molecular weight is 623 g/mol. The van der Waals surface area contributed by atoms with Gasteiger partial charge in [0.2, 0.25) is 0 Å². The van der Waals surface area contributed by atoms with Crippen LogP contribution < -0.4 is 0 Å². The number of hydrogen-bond donors (Lipinski definition) is 0. The number of nitrogens with zero attached hydrogens (tertiary/aromatic N) is 4. The Kier molecular flexibility index (Phi) is 7.91. The van der Waals surface area contributed by atoms with Crippen molar-refractivity contribution in [2.45, 2.75) is 66.2 Å². The number of ether oxygens (including phenoxy) is 1. The van der Waals surface area contributed by atoms with Crippen LogP contribution in [0.15, 0.2) is 73.1 Å². The molecule has 0 N–H and O–H groups in total. The van der Waals surface area contributed by atoms with E-state index in [9.17, 15) is 4.79 Å². The number of halogens is 1. The summed E-state index contributed by atoms with van der Waals surface area (Å²) < 4.78 is 9.42. The van der Waals surface area contributed by atoms with E-state index in [0.717, 1.165) is 65.2 Å². The first-order chi connectivity index (χ1) is 20.9. The molecule has 44 heavy (non-hydrogen) atoms. The standard InChI is InChI=1S/C36H35ClN4O2S/c1-20(2)41-30-13-10-24(17-26(30)19-39-41)28-18-25(14-15-38-28)35-40-29-16-21(3)31(33(22(4)42)43-36(5,6)7)32(34(29)44-35)23-8-11-27(37)12-9-23/h8-20,33H,1-7H3/t33-/m1/s1. The van der Waals surface area contributed by atoms with Gasteiger partial charge in [-0.3, -0.25) is 14.5 Å². The van der Waals surface area contributed by atoms with Crippen LogP contribution in [0.5, 0.6) is 0 Å². The third-order valence-electron chi connectivity index (χ3n) is 7.55. The predicted molar refractivity (Wildman–Crippen MR) is 181 cm³/mol. The lowest BCUT2D eigenvalue weighted by molar-refractivity contribution is -0.138. The van der Waals surface area contributed by atoms with Crippen molar-refractivity contribution in [2.75, 3.05) is 0 Å². The summed E-state index contributed by atoms with van der Waals surface area (Å²) in [7, 11) is 0. The van der Waals surface area contributed by atoms with E-state index in [4.69, 9.17) is 26.3 Å². The van der Waals surface area contributed by atoms with Gasteiger partial charge in [-0.2, -0.15) is 5.10 Å². The number of Topliss-reactive ketones (excluding diaryl/α,β-unsaturated/α-hetero) is 1. The van der Waals surface area contributed by atoms with Crippen LogP contribution in [0.1, 0.15) is 64.8 Å². The smallest absolute Gasteiger partial charge is 0.163 e. The number of ketones is 1. The van der Waals surface area contributed by atoms with E-state index in [1.54, 1.807) is 18.3 Å². The highest BCUT2D eigenvalue weighted by atomic mass is 35.5. The number of carbonyl (C=O) groups is 1. The molecule has 0 unspecified atom stereocenters. The molecule has 0 aliphatic carbocycles. The zero-order valence-electron chi connectivity index (χ0n) is 26.0. The maximum Gasteiger partial charge on any atom is 0.163 e. The number of carbonyl (C=O) groups excluding carboxylic acids is 1. The molecule has 0 aliphatic heterocycles. The van der Waals surface area contributed by atoms with Gasteiger partial charge in [0.15, 0.2) is 5.78 Å². The van der Waals surface area contributed by atoms with Gasteiger partial charge in [-0.15, -0.1) is 11.3 Å². The molecule has 0 spiro atoms. The van der Waals surface area contributed by atoms with E-state index in [2.05, 4.69) is 49.3 Å². The number of hydrogen-bond acceptors (Lipinski definition) is 6. The highest BCUT2D eigenvalue weighted by Crippen LogP contribution is 2.44. The topological polar surface area (TPSA) is 69.9 Å². The van der Waals surface area contributed by atoms with Crippen LogP contribution in [-0.4, -0.2) is 31.1 Å². The second-order valence-electron chi connectivity index (χ2n) is 12.5. The molecule has 0 saturated heterocycles. The maximum atomic E-state index is 13.1. The minimum absolute atomic E-state index is 0.0444. The quantitative estimate of drug-likeness (QED) is 0.177. The molecule has 0 fully saturated rings. The number of aryl methyl sites for hydroxylation is 1. The molecule has 3 aromatic heterocycles. The number of fused-ring (bicyclic) bond motifs is 2. The zero-order chi connectivity index (χ0) is 31.3. The van der Waals surface area contributed by atoms with Gasteiger partial charge in [-0.05, 0) is 102 Å². The first kappa shape index (κ1) is 30.1. The summed E-state index contributed by atoms with van der Waals surface area (Å²) in [5, 5.41) is 7.17. The van der Waals surface area contributed by atoms with E-state index >= 15 is 0 Å². The molecule has 3 heterocycles. The minimum Gasteiger partial charge on any atom is -0.360 e. The van der Waals surface area contributed by atoms with Crippen LogP contribution >= 0.6 is 22.9 Å². The summed E-state index contributed by atoms with van der Waals surface area (Å²) in [5.74, 6) is -0.0444. The van der Waals surface area contributed by atoms with Crippen LogP contribution in [0.4, 0.5) is 0 Å². The summed E-state index contributed by atoms with van der Waals surface area (Å²) >= 11 is 7.89. The van der Waals surface area contributed by atoms with Crippen LogP contribution in [0.25, 0.3) is 54.1 Å². The van der Waals surface area contributed by atoms with Crippen LogP contribution in [-0.2, 0) is 9.53 Å². The third kappa shape index (κ3) is 5.80. The van der Waals surface area contributed by atoms with Crippen molar-refractivity contribution >= 4 is 49.8 Å². The number of pyridine rings is 1. The van der Waals surface area contributed by atoms with Gasteiger partial charge in [0.1, 0.15) is 11.1 Å². The number of benzene rings is 3. The Morgan fingerprint density at radius 3 is 2.39 bits per heavy atom. The lowest BCUT2D eigenvalue weighted by atomic mass is 9.90. The van der Waals surface area contributed by atoms with Gasteiger partial charge < -0.3 is 4.74 Å². The largest absolute Gasteiger partial charge is 0.360 e. The van der Waals surface area contributed by atoms with Crippen molar-refractivity contribution in [1.82, 2.24) is 19.7 Å². The molecule has 3 aromatic carbocycles. The van der Waals surface area contributed by atoms with Gasteiger partial charge in [-0.1, -0.05) is 29.8 Å². The van der Waals surface area contributed by atoms with Crippen molar-refractivity contribution in [3.05, 3.63) is 89.2 Å². The van der Waals surface area contributed by atoms with Crippen molar-refractivity contribution in [1.29, 1.82) is 0 Å². The lowest BCUT2D eigenvalue weighted by Gasteiger charge is -2.29. The van der Waals surface area contributed by atoms with Gasteiger partial charge in [0.25, 0.3) is 0 Å². The molecular weight excluding hydrogens is 588 g/mol. The average Bonchev–Trinajstić information content (AvgIpc) is 3.59. The molecule has 0 amide bonds. The molecule has 0 bridgehead atoms. The van der Waals surface area contributed by atoms with E-state index in [1.807, 2.05) is 75.1 Å². The van der Waals surface area contributed by atoms with Crippen molar-refractivity contribution < 1.29 is 9.53 Å². The molecule has 1 atom stereocenters. The Labute approximate surface area is 266 Å². The Morgan fingerprint density at radius 1 is 0.977 bits per heavy atom. The van der Waals surface area contributed by atoms with Gasteiger partial charge in [-0.25, -0.2) is 4.98 Å². The number of rotatable bonds is 7. The third-order valence-corrected chi connectivity index (χ3v) is 8.94. The Morgan fingerprint density at radius 2 is 1.70 bits per heavy atom. The fourth-order valence-electron chi connectivity index (χ4n) is 5.62. The Bertz CT molecular complexity index is 2020. The van der Waals surface area contributed by atoms with Crippen molar-refractivity contribution in [3.63, 3.8) is 0 Å². The Hall–Kier alpha value is -3.91. The van der Waals surface area contributed by atoms with Crippen LogP contribution in [0.2, 0.25) is 5.02 Å². The molecule has 6 aromatic rings. The van der Waals surface area contributed by atoms with Gasteiger partial charge >= 0.3 is 0 Å². The SMILES string of the molecule is CC(=O)[C@@H](OC(C)(C)C)c1c(C)cc2nc(-c3ccnc(-c4ccc5c(cnn5C(C)C)c4)c3)sc2c1-c1ccc(Cl)cc1. The highest BCUT2D eigenvalue weighted by molar-refractivity contribution is 7.22. The van der Waals surface area contributed by atoms with Crippen LogP contribution in [0.3, 0.4) is 0 Å². The second-order valence-corrected chi connectivity index (χ2v) is 13.9. The van der Waals surface area contributed by atoms with E-state index in [0.29, 0.717) is 5.02 Å². The minimum atomic E-state index is -0.724. The summed E-state index contributed by atoms with van der Waals surface area (Å²) in [6.07, 6.45) is 3.02. The lowest BCUT2D eigenvalue weighted by Crippen LogP contribution is -2.27. The highest BCUT2D eigenvalue weighted by Gasteiger charge is 2.30. The molecule has 6 nitrogen and oxygen atoms in total. The van der Waals surface area contributed by atoms with Crippen molar-refractivity contribution in [3.8, 4) is 33.0 Å². The second kappa shape index (κ2) is 11.5. The van der Waals surface area contributed by atoms with Crippen molar-refractivity contribution in [2.24, 2.45) is 0 Å². The monoisotopic (exact) mass is 622 g/mol. The molecule has 6 rings (SSSR count). The molecule has 0 saturated carbocycles. The fraction of sp³-hybridized carbons (Fsp3) is 0.278. The first-order valence-corrected chi connectivity index (χ1v) is 15.9. The van der Waals surface area contributed by atoms with E-state index in [-0.39, 0.29) is 11.8 Å². The van der Waals surface area contributed by atoms with E-state index in [1.165, 1.54) is 0 Å². The molecule has 224 valence electrons. The number of aromatic nitrogens is 4. The predicted octanol–water partition coefficient (Wildman–Crippen LogP) is 10.0. The molecule has 0 radical (unpaired) electrons. The van der Waals surface area contributed by atoms with Gasteiger partial charge in [0.05, 0.1) is 33.2 Å². The van der Waals surface area contributed by atoms with E-state index < -0.39 is 11.7 Å². The fourth-order valence-corrected chi connectivity index (χ4v) is 6.87. The van der Waals surface area contributed by atoms with Gasteiger partial charge in [0, 0.05) is 44.9 Å². The summed E-state index contributed by atoms with van der Waals surface area (Å²) in [6.45, 7) is 13.8. The molecule has 8 heteroatoms. The maximum absolute atomic E-state index is 13.1. The molecular formula is C36H35ClN4O2S.